The molecule has 17 heavy (non-hydrogen) atoms. The van der Waals surface area contributed by atoms with Gasteiger partial charge in [-0.15, -0.1) is 0 Å². The van der Waals surface area contributed by atoms with Crippen LogP contribution in [0.4, 0.5) is 11.5 Å². The van der Waals surface area contributed by atoms with Gasteiger partial charge in [0, 0.05) is 13.1 Å². The predicted molar refractivity (Wildman–Crippen MR) is 68.4 cm³/mol. The standard InChI is InChI=1S/C11H17ClN4O/c1-6-4-16(5-7(2)17-6)10-9(13)8(3)14-11(12)15-10/h6-7H,4-5,13H2,1-3H3/t6-,7+. The second-order valence-electron chi connectivity index (χ2n) is 4.48. The molecule has 0 aliphatic carbocycles. The number of anilines is 2. The molecule has 0 aromatic carbocycles. The molecule has 0 saturated carbocycles. The van der Waals surface area contributed by atoms with Crippen molar-refractivity contribution in [3.05, 3.63) is 11.0 Å². The van der Waals surface area contributed by atoms with Crippen LogP contribution < -0.4 is 10.6 Å². The van der Waals surface area contributed by atoms with Crippen molar-refractivity contribution in [3.63, 3.8) is 0 Å². The molecule has 5 nitrogen and oxygen atoms in total. The molecule has 1 fully saturated rings. The second kappa shape index (κ2) is 4.66. The summed E-state index contributed by atoms with van der Waals surface area (Å²) in [6.45, 7) is 7.44. The third-order valence-electron chi connectivity index (χ3n) is 2.81. The number of hydrogen-bond acceptors (Lipinski definition) is 5. The first-order chi connectivity index (χ1) is 7.97. The fraction of sp³-hybridized carbons (Fsp3) is 0.636. The van der Waals surface area contributed by atoms with Gasteiger partial charge in [0.25, 0.3) is 0 Å². The highest BCUT2D eigenvalue weighted by Gasteiger charge is 2.25. The van der Waals surface area contributed by atoms with Crippen LogP contribution in [0.3, 0.4) is 0 Å². The lowest BCUT2D eigenvalue weighted by Crippen LogP contribution is -2.46. The van der Waals surface area contributed by atoms with Gasteiger partial charge < -0.3 is 15.4 Å². The third-order valence-corrected chi connectivity index (χ3v) is 2.98. The van der Waals surface area contributed by atoms with E-state index in [1.54, 1.807) is 0 Å². The number of morpholine rings is 1. The van der Waals surface area contributed by atoms with Gasteiger partial charge in [0.1, 0.15) is 0 Å². The lowest BCUT2D eigenvalue weighted by Gasteiger charge is -2.36. The molecule has 6 heteroatoms. The minimum atomic E-state index is 0.159. The van der Waals surface area contributed by atoms with Gasteiger partial charge in [-0.25, -0.2) is 4.98 Å². The lowest BCUT2D eigenvalue weighted by molar-refractivity contribution is -0.00542. The Hall–Kier alpha value is -1.07. The Kier molecular flexibility index (Phi) is 3.40. The Morgan fingerprint density at radius 2 is 1.88 bits per heavy atom. The van der Waals surface area contributed by atoms with E-state index >= 15 is 0 Å². The SMILES string of the molecule is Cc1nc(Cl)nc(N2C[C@@H](C)O[C@@H](C)C2)c1N. The van der Waals surface area contributed by atoms with Crippen LogP contribution in [0.15, 0.2) is 0 Å². The molecule has 2 rings (SSSR count). The lowest BCUT2D eigenvalue weighted by atomic mass is 10.2. The van der Waals surface area contributed by atoms with Gasteiger partial charge in [-0.05, 0) is 32.4 Å². The van der Waals surface area contributed by atoms with Gasteiger partial charge in [0.05, 0.1) is 23.6 Å². The Bertz CT molecular complexity index is 416. The summed E-state index contributed by atoms with van der Waals surface area (Å²) in [5, 5.41) is 0.235. The molecule has 1 saturated heterocycles. The molecule has 1 aliphatic rings. The van der Waals surface area contributed by atoms with Crippen molar-refractivity contribution in [2.45, 2.75) is 33.0 Å². The maximum absolute atomic E-state index is 6.01. The first-order valence-corrected chi connectivity index (χ1v) is 6.05. The summed E-state index contributed by atoms with van der Waals surface area (Å²) in [5.41, 5.74) is 7.31. The van der Waals surface area contributed by atoms with E-state index < -0.39 is 0 Å². The van der Waals surface area contributed by atoms with Gasteiger partial charge in [0.15, 0.2) is 5.82 Å². The number of nitrogen functional groups attached to an aromatic ring is 1. The second-order valence-corrected chi connectivity index (χ2v) is 4.82. The summed E-state index contributed by atoms with van der Waals surface area (Å²) >= 11 is 5.88. The Balaban J connectivity index is 2.33. The van der Waals surface area contributed by atoms with E-state index in [1.165, 1.54) is 0 Å². The van der Waals surface area contributed by atoms with Gasteiger partial charge in [-0.1, -0.05) is 0 Å². The van der Waals surface area contributed by atoms with Crippen molar-refractivity contribution < 1.29 is 4.74 Å². The zero-order chi connectivity index (χ0) is 12.6. The van der Waals surface area contributed by atoms with Gasteiger partial charge in [-0.3, -0.25) is 0 Å². The van der Waals surface area contributed by atoms with Crippen molar-refractivity contribution >= 4 is 23.1 Å². The highest BCUT2D eigenvalue weighted by Crippen LogP contribution is 2.27. The van der Waals surface area contributed by atoms with Crippen LogP contribution >= 0.6 is 11.6 Å². The monoisotopic (exact) mass is 256 g/mol. The number of ether oxygens (including phenoxy) is 1. The van der Waals surface area contributed by atoms with Crippen molar-refractivity contribution in [1.82, 2.24) is 9.97 Å². The fourth-order valence-electron chi connectivity index (χ4n) is 2.12. The number of aryl methyl sites for hydroxylation is 1. The van der Waals surface area contributed by atoms with Crippen LogP contribution in [0, 0.1) is 6.92 Å². The van der Waals surface area contributed by atoms with Crippen molar-refractivity contribution in [1.29, 1.82) is 0 Å². The number of rotatable bonds is 1. The maximum atomic E-state index is 6.01. The third kappa shape index (κ3) is 2.61. The molecule has 1 aromatic heterocycles. The van der Waals surface area contributed by atoms with Crippen molar-refractivity contribution in [2.24, 2.45) is 0 Å². The predicted octanol–water partition coefficient (Wildman–Crippen LogP) is 1.63. The number of halogens is 1. The average Bonchev–Trinajstić information content (AvgIpc) is 2.22. The van der Waals surface area contributed by atoms with Crippen LogP contribution in [0.2, 0.25) is 5.28 Å². The van der Waals surface area contributed by atoms with Crippen LogP contribution in [-0.2, 0) is 4.74 Å². The highest BCUT2D eigenvalue weighted by molar-refractivity contribution is 6.28. The molecule has 0 spiro atoms. The molecular formula is C11H17ClN4O. The van der Waals surface area contributed by atoms with E-state index in [1.807, 2.05) is 20.8 Å². The van der Waals surface area contributed by atoms with E-state index in [9.17, 15) is 0 Å². The smallest absolute Gasteiger partial charge is 0.224 e. The molecule has 0 unspecified atom stereocenters. The molecule has 2 atom stereocenters. The highest BCUT2D eigenvalue weighted by atomic mass is 35.5. The zero-order valence-electron chi connectivity index (χ0n) is 10.3. The van der Waals surface area contributed by atoms with Gasteiger partial charge in [-0.2, -0.15) is 4.98 Å². The molecule has 1 aromatic rings. The fourth-order valence-corrected chi connectivity index (χ4v) is 2.33. The van der Waals surface area contributed by atoms with Gasteiger partial charge in [0.2, 0.25) is 5.28 Å². The summed E-state index contributed by atoms with van der Waals surface area (Å²) in [4.78, 5) is 10.4. The average molecular weight is 257 g/mol. The topological polar surface area (TPSA) is 64.3 Å². The molecule has 0 radical (unpaired) electrons. The normalized spacial score (nSPS) is 25.1. The summed E-state index contributed by atoms with van der Waals surface area (Å²) in [5.74, 6) is 0.713. The molecule has 2 N–H and O–H groups in total. The van der Waals surface area contributed by atoms with Crippen LogP contribution in [0.5, 0.6) is 0 Å². The van der Waals surface area contributed by atoms with Crippen LogP contribution in [0.25, 0.3) is 0 Å². The number of nitrogens with zero attached hydrogens (tertiary/aromatic N) is 3. The molecule has 2 heterocycles. The first-order valence-electron chi connectivity index (χ1n) is 5.67. The maximum Gasteiger partial charge on any atom is 0.224 e. The first kappa shape index (κ1) is 12.4. The summed E-state index contributed by atoms with van der Waals surface area (Å²) in [6, 6.07) is 0. The largest absolute Gasteiger partial charge is 0.394 e. The molecule has 0 bridgehead atoms. The van der Waals surface area contributed by atoms with E-state index in [4.69, 9.17) is 22.1 Å². The minimum absolute atomic E-state index is 0.159. The number of hydrogen-bond donors (Lipinski definition) is 1. The molecule has 94 valence electrons. The van der Waals surface area contributed by atoms with Crippen LogP contribution in [0.1, 0.15) is 19.5 Å². The molecular weight excluding hydrogens is 240 g/mol. The quantitative estimate of drug-likeness (QED) is 0.774. The van der Waals surface area contributed by atoms with Crippen molar-refractivity contribution in [2.75, 3.05) is 23.7 Å². The Morgan fingerprint density at radius 3 is 2.47 bits per heavy atom. The van der Waals surface area contributed by atoms with E-state index in [2.05, 4.69) is 14.9 Å². The Labute approximate surface area is 106 Å². The van der Waals surface area contributed by atoms with E-state index in [0.29, 0.717) is 17.2 Å². The minimum Gasteiger partial charge on any atom is -0.394 e. The summed E-state index contributed by atoms with van der Waals surface area (Å²) in [7, 11) is 0. The number of nitrogens with two attached hydrogens (primary N) is 1. The van der Waals surface area contributed by atoms with E-state index in [-0.39, 0.29) is 17.5 Å². The Morgan fingerprint density at radius 1 is 1.29 bits per heavy atom. The van der Waals surface area contributed by atoms with Crippen LogP contribution in [-0.4, -0.2) is 35.3 Å². The molecule has 1 aliphatic heterocycles. The van der Waals surface area contributed by atoms with E-state index in [0.717, 1.165) is 13.1 Å². The summed E-state index contributed by atoms with van der Waals surface area (Å²) in [6.07, 6.45) is 0.319. The molecule has 0 amide bonds. The summed E-state index contributed by atoms with van der Waals surface area (Å²) < 4.78 is 5.68. The number of aromatic nitrogens is 2. The van der Waals surface area contributed by atoms with Gasteiger partial charge >= 0.3 is 0 Å². The van der Waals surface area contributed by atoms with Crippen molar-refractivity contribution in [3.8, 4) is 0 Å². The zero-order valence-corrected chi connectivity index (χ0v) is 11.0.